The van der Waals surface area contributed by atoms with Crippen molar-refractivity contribution in [2.45, 2.75) is 19.8 Å². The highest BCUT2D eigenvalue weighted by atomic mass is 19.1. The Bertz CT molecular complexity index is 411. The predicted molar refractivity (Wildman–Crippen MR) is 73.7 cm³/mol. The van der Waals surface area contributed by atoms with Crippen LogP contribution in [0.3, 0.4) is 0 Å². The van der Waals surface area contributed by atoms with E-state index in [0.717, 1.165) is 32.7 Å². The van der Waals surface area contributed by atoms with Crippen molar-refractivity contribution in [2.24, 2.45) is 0 Å². The van der Waals surface area contributed by atoms with Gasteiger partial charge in [0.05, 0.1) is 0 Å². The molecule has 1 amide bonds. The number of carbonyl (C=O) groups is 1. The lowest BCUT2D eigenvalue weighted by atomic mass is 10.1. The Kier molecular flexibility index (Phi) is 4.91. The van der Waals surface area contributed by atoms with Gasteiger partial charge in [-0.25, -0.2) is 4.39 Å². The van der Waals surface area contributed by atoms with E-state index in [4.69, 9.17) is 0 Å². The van der Waals surface area contributed by atoms with Crippen LogP contribution in [0.2, 0.25) is 0 Å². The van der Waals surface area contributed by atoms with Crippen molar-refractivity contribution in [1.82, 2.24) is 9.80 Å². The standard InChI is InChI=1S/C15H21FN2O/c1-2-3-8-17-9-11-18(12-10-17)15(19)13-4-6-14(16)7-5-13/h4-7H,2-3,8-12H2,1H3. The Labute approximate surface area is 114 Å². The molecule has 19 heavy (non-hydrogen) atoms. The van der Waals surface area contributed by atoms with Gasteiger partial charge in [0.2, 0.25) is 0 Å². The largest absolute Gasteiger partial charge is 0.336 e. The molecule has 0 spiro atoms. The molecule has 0 aromatic heterocycles. The number of unbranched alkanes of at least 4 members (excludes halogenated alkanes) is 1. The van der Waals surface area contributed by atoms with E-state index in [9.17, 15) is 9.18 Å². The zero-order valence-corrected chi connectivity index (χ0v) is 11.4. The number of carbonyl (C=O) groups excluding carboxylic acids is 1. The molecule has 1 saturated heterocycles. The van der Waals surface area contributed by atoms with Crippen molar-refractivity contribution < 1.29 is 9.18 Å². The maximum absolute atomic E-state index is 12.8. The van der Waals surface area contributed by atoms with Gasteiger partial charge in [0.15, 0.2) is 0 Å². The minimum Gasteiger partial charge on any atom is -0.336 e. The van der Waals surface area contributed by atoms with Crippen LogP contribution in [-0.2, 0) is 0 Å². The number of piperazine rings is 1. The van der Waals surface area contributed by atoms with Crippen molar-refractivity contribution in [3.63, 3.8) is 0 Å². The molecule has 3 nitrogen and oxygen atoms in total. The monoisotopic (exact) mass is 264 g/mol. The Morgan fingerprint density at radius 2 is 1.79 bits per heavy atom. The third-order valence-electron chi connectivity index (χ3n) is 3.58. The first kappa shape index (κ1) is 14.0. The first-order chi connectivity index (χ1) is 9.20. The van der Waals surface area contributed by atoms with Crippen molar-refractivity contribution in [3.05, 3.63) is 35.6 Å². The Hall–Kier alpha value is -1.42. The molecule has 1 aliphatic heterocycles. The summed E-state index contributed by atoms with van der Waals surface area (Å²) < 4.78 is 12.8. The van der Waals surface area contributed by atoms with Gasteiger partial charge < -0.3 is 4.90 Å². The summed E-state index contributed by atoms with van der Waals surface area (Å²) in [5, 5.41) is 0. The van der Waals surface area contributed by atoms with Crippen molar-refractivity contribution >= 4 is 5.91 Å². The number of nitrogens with zero attached hydrogens (tertiary/aromatic N) is 2. The van der Waals surface area contributed by atoms with E-state index in [1.807, 2.05) is 4.90 Å². The van der Waals surface area contributed by atoms with Crippen molar-refractivity contribution in [2.75, 3.05) is 32.7 Å². The summed E-state index contributed by atoms with van der Waals surface area (Å²) in [6.07, 6.45) is 2.42. The number of rotatable bonds is 4. The van der Waals surface area contributed by atoms with E-state index >= 15 is 0 Å². The van der Waals surface area contributed by atoms with Gasteiger partial charge in [-0.2, -0.15) is 0 Å². The van der Waals surface area contributed by atoms with Gasteiger partial charge in [-0.15, -0.1) is 0 Å². The molecule has 1 aromatic carbocycles. The third-order valence-corrected chi connectivity index (χ3v) is 3.58. The van der Waals surface area contributed by atoms with E-state index in [1.165, 1.54) is 25.0 Å². The van der Waals surface area contributed by atoms with Crippen LogP contribution in [0.1, 0.15) is 30.1 Å². The maximum Gasteiger partial charge on any atom is 0.253 e. The lowest BCUT2D eigenvalue weighted by molar-refractivity contribution is 0.0635. The normalized spacial score (nSPS) is 16.6. The molecule has 1 aromatic rings. The van der Waals surface area contributed by atoms with E-state index in [1.54, 1.807) is 12.1 Å². The van der Waals surface area contributed by atoms with Gasteiger partial charge in [-0.3, -0.25) is 9.69 Å². The fourth-order valence-electron chi connectivity index (χ4n) is 2.33. The first-order valence-electron chi connectivity index (χ1n) is 6.98. The lowest BCUT2D eigenvalue weighted by Gasteiger charge is -2.34. The highest BCUT2D eigenvalue weighted by Gasteiger charge is 2.21. The predicted octanol–water partition coefficient (Wildman–Crippen LogP) is 2.38. The fraction of sp³-hybridized carbons (Fsp3) is 0.533. The van der Waals surface area contributed by atoms with Gasteiger partial charge in [0.25, 0.3) is 5.91 Å². The number of hydrogen-bond acceptors (Lipinski definition) is 2. The molecule has 0 saturated carbocycles. The molecule has 2 rings (SSSR count). The van der Waals surface area contributed by atoms with Gasteiger partial charge >= 0.3 is 0 Å². The van der Waals surface area contributed by atoms with Crippen LogP contribution in [0, 0.1) is 5.82 Å². The summed E-state index contributed by atoms with van der Waals surface area (Å²) >= 11 is 0. The summed E-state index contributed by atoms with van der Waals surface area (Å²) in [5.74, 6) is -0.295. The summed E-state index contributed by atoms with van der Waals surface area (Å²) in [6.45, 7) is 6.71. The van der Waals surface area contributed by atoms with Crippen LogP contribution in [0.4, 0.5) is 4.39 Å². The van der Waals surface area contributed by atoms with Gasteiger partial charge in [0, 0.05) is 31.7 Å². The SMILES string of the molecule is CCCCN1CCN(C(=O)c2ccc(F)cc2)CC1. The minimum absolute atomic E-state index is 0.00939. The van der Waals surface area contributed by atoms with Crippen LogP contribution in [0.15, 0.2) is 24.3 Å². The molecule has 1 fully saturated rings. The smallest absolute Gasteiger partial charge is 0.253 e. The third kappa shape index (κ3) is 3.77. The van der Waals surface area contributed by atoms with Gasteiger partial charge in [-0.1, -0.05) is 13.3 Å². The number of hydrogen-bond donors (Lipinski definition) is 0. The molecule has 0 N–H and O–H groups in total. The van der Waals surface area contributed by atoms with E-state index in [2.05, 4.69) is 11.8 Å². The molecule has 0 aliphatic carbocycles. The van der Waals surface area contributed by atoms with Crippen LogP contribution < -0.4 is 0 Å². The van der Waals surface area contributed by atoms with Crippen LogP contribution >= 0.6 is 0 Å². The summed E-state index contributed by atoms with van der Waals surface area (Å²) in [7, 11) is 0. The molecule has 1 heterocycles. The molecule has 1 aliphatic rings. The Balaban J connectivity index is 1.87. The fourth-order valence-corrected chi connectivity index (χ4v) is 2.33. The van der Waals surface area contributed by atoms with Crippen LogP contribution in [0.25, 0.3) is 0 Å². The highest BCUT2D eigenvalue weighted by Crippen LogP contribution is 2.10. The molecule has 0 unspecified atom stereocenters. The average Bonchev–Trinajstić information content (AvgIpc) is 2.46. The quantitative estimate of drug-likeness (QED) is 0.833. The minimum atomic E-state index is -0.305. The van der Waals surface area contributed by atoms with Crippen molar-refractivity contribution in [1.29, 1.82) is 0 Å². The second kappa shape index (κ2) is 6.66. The van der Waals surface area contributed by atoms with Gasteiger partial charge in [-0.05, 0) is 37.2 Å². The number of benzene rings is 1. The van der Waals surface area contributed by atoms with E-state index in [0.29, 0.717) is 5.56 Å². The maximum atomic E-state index is 12.8. The molecule has 104 valence electrons. The van der Waals surface area contributed by atoms with E-state index in [-0.39, 0.29) is 11.7 Å². The zero-order valence-electron chi connectivity index (χ0n) is 11.4. The Morgan fingerprint density at radius 3 is 2.37 bits per heavy atom. The average molecular weight is 264 g/mol. The number of halogens is 1. The molecular formula is C15H21FN2O. The van der Waals surface area contributed by atoms with Crippen LogP contribution in [-0.4, -0.2) is 48.4 Å². The summed E-state index contributed by atoms with van der Waals surface area (Å²) in [6, 6.07) is 5.79. The summed E-state index contributed by atoms with van der Waals surface area (Å²) in [5.41, 5.74) is 0.573. The highest BCUT2D eigenvalue weighted by molar-refractivity contribution is 5.94. The Morgan fingerprint density at radius 1 is 1.16 bits per heavy atom. The molecule has 0 bridgehead atoms. The van der Waals surface area contributed by atoms with E-state index < -0.39 is 0 Å². The summed E-state index contributed by atoms with van der Waals surface area (Å²) in [4.78, 5) is 16.5. The van der Waals surface area contributed by atoms with Gasteiger partial charge in [0.1, 0.15) is 5.82 Å². The second-order valence-electron chi connectivity index (χ2n) is 4.99. The van der Waals surface area contributed by atoms with Crippen molar-refractivity contribution in [3.8, 4) is 0 Å². The molecular weight excluding hydrogens is 243 g/mol. The molecule has 4 heteroatoms. The molecule has 0 radical (unpaired) electrons. The van der Waals surface area contributed by atoms with Crippen LogP contribution in [0.5, 0.6) is 0 Å². The second-order valence-corrected chi connectivity index (χ2v) is 4.99. The lowest BCUT2D eigenvalue weighted by Crippen LogP contribution is -2.48. The number of amides is 1. The first-order valence-corrected chi connectivity index (χ1v) is 6.98. The topological polar surface area (TPSA) is 23.6 Å². The zero-order chi connectivity index (χ0) is 13.7. The molecule has 0 atom stereocenters.